The van der Waals surface area contributed by atoms with Crippen LogP contribution in [0.25, 0.3) is 0 Å². The molecule has 0 unspecified atom stereocenters. The van der Waals surface area contributed by atoms with Gasteiger partial charge in [0.1, 0.15) is 0 Å². The maximum atomic E-state index is 10.7. The van der Waals surface area contributed by atoms with E-state index in [0.717, 1.165) is 37.8 Å². The van der Waals surface area contributed by atoms with Crippen molar-refractivity contribution >= 4 is 11.8 Å². The smallest absolute Gasteiger partial charge is 0.0897 e. The van der Waals surface area contributed by atoms with Gasteiger partial charge in [-0.15, -0.1) is 0 Å². The van der Waals surface area contributed by atoms with Gasteiger partial charge in [-0.3, -0.25) is 0 Å². The van der Waals surface area contributed by atoms with Crippen LogP contribution in [0.2, 0.25) is 0 Å². The Balaban J connectivity index is 1.79. The van der Waals surface area contributed by atoms with Crippen molar-refractivity contribution in [3.8, 4) is 0 Å². The van der Waals surface area contributed by atoms with Crippen LogP contribution >= 0.6 is 11.8 Å². The zero-order chi connectivity index (χ0) is 13.6. The van der Waals surface area contributed by atoms with Crippen LogP contribution in [-0.4, -0.2) is 29.2 Å². The fourth-order valence-electron chi connectivity index (χ4n) is 2.82. The number of nitrogens with one attached hydrogen (secondary N) is 1. The standard InChI is InChI=1S/C16H25NOS/c1-2-19-13-12-17-15-8-10-16(18,11-9-15)14-6-4-3-5-7-14/h3-7,15,17-18H,2,8-13H2,1H3. The zero-order valence-corrected chi connectivity index (χ0v) is 12.6. The molecule has 3 heteroatoms. The predicted octanol–water partition coefficient (Wildman–Crippen LogP) is 3.16. The lowest BCUT2D eigenvalue weighted by Crippen LogP contribution is -2.40. The van der Waals surface area contributed by atoms with Crippen LogP contribution in [0.15, 0.2) is 30.3 Å². The van der Waals surface area contributed by atoms with E-state index in [-0.39, 0.29) is 0 Å². The SMILES string of the molecule is CCSCCNC1CCC(O)(c2ccccc2)CC1. The van der Waals surface area contributed by atoms with Crippen LogP contribution in [0.4, 0.5) is 0 Å². The van der Waals surface area contributed by atoms with Gasteiger partial charge in [0, 0.05) is 18.3 Å². The molecule has 1 aliphatic carbocycles. The Hall–Kier alpha value is -0.510. The molecule has 2 N–H and O–H groups in total. The molecule has 0 amide bonds. The minimum atomic E-state index is -0.600. The normalized spacial score (nSPS) is 27.4. The molecule has 0 spiro atoms. The van der Waals surface area contributed by atoms with Crippen LogP contribution in [0.3, 0.4) is 0 Å². The summed E-state index contributed by atoms with van der Waals surface area (Å²) in [6.45, 7) is 3.29. The molecule has 1 aromatic carbocycles. The van der Waals surface area contributed by atoms with E-state index in [9.17, 15) is 5.11 Å². The second-order valence-corrected chi connectivity index (χ2v) is 6.72. The van der Waals surface area contributed by atoms with E-state index in [4.69, 9.17) is 0 Å². The van der Waals surface area contributed by atoms with Crippen molar-refractivity contribution in [1.29, 1.82) is 0 Å². The molecule has 19 heavy (non-hydrogen) atoms. The van der Waals surface area contributed by atoms with Gasteiger partial charge in [0.15, 0.2) is 0 Å². The van der Waals surface area contributed by atoms with Crippen LogP contribution < -0.4 is 5.32 Å². The Kier molecular flexibility index (Phi) is 5.74. The predicted molar refractivity (Wildman–Crippen MR) is 83.6 cm³/mol. The molecule has 1 aliphatic rings. The minimum absolute atomic E-state index is 0.585. The van der Waals surface area contributed by atoms with Crippen molar-refractivity contribution in [2.45, 2.75) is 44.2 Å². The van der Waals surface area contributed by atoms with E-state index >= 15 is 0 Å². The van der Waals surface area contributed by atoms with E-state index in [1.165, 1.54) is 11.5 Å². The highest BCUT2D eigenvalue weighted by Crippen LogP contribution is 2.36. The van der Waals surface area contributed by atoms with Crippen molar-refractivity contribution in [2.24, 2.45) is 0 Å². The number of benzene rings is 1. The molecule has 2 rings (SSSR count). The van der Waals surface area contributed by atoms with Crippen LogP contribution in [0, 0.1) is 0 Å². The number of rotatable bonds is 6. The lowest BCUT2D eigenvalue weighted by Gasteiger charge is -2.36. The Morgan fingerprint density at radius 2 is 1.95 bits per heavy atom. The van der Waals surface area contributed by atoms with Gasteiger partial charge in [-0.25, -0.2) is 0 Å². The first-order chi connectivity index (χ1) is 9.24. The van der Waals surface area contributed by atoms with Gasteiger partial charge in [-0.05, 0) is 37.0 Å². The molecule has 0 radical (unpaired) electrons. The highest BCUT2D eigenvalue weighted by Gasteiger charge is 2.34. The second-order valence-electron chi connectivity index (χ2n) is 5.32. The monoisotopic (exact) mass is 279 g/mol. The minimum Gasteiger partial charge on any atom is -0.385 e. The third-order valence-electron chi connectivity index (χ3n) is 4.01. The quantitative estimate of drug-likeness (QED) is 0.785. The summed E-state index contributed by atoms with van der Waals surface area (Å²) in [5.74, 6) is 2.38. The number of hydrogen-bond donors (Lipinski definition) is 2. The van der Waals surface area contributed by atoms with Gasteiger partial charge in [0.2, 0.25) is 0 Å². The molecule has 1 aromatic rings. The van der Waals surface area contributed by atoms with E-state index in [1.807, 2.05) is 42.1 Å². The van der Waals surface area contributed by atoms with Gasteiger partial charge in [-0.2, -0.15) is 11.8 Å². The molecule has 106 valence electrons. The summed E-state index contributed by atoms with van der Waals surface area (Å²) in [4.78, 5) is 0. The molecular formula is C16H25NOS. The molecule has 0 bridgehead atoms. The maximum Gasteiger partial charge on any atom is 0.0897 e. The summed E-state index contributed by atoms with van der Waals surface area (Å²) in [6.07, 6.45) is 3.88. The maximum absolute atomic E-state index is 10.7. The van der Waals surface area contributed by atoms with Gasteiger partial charge in [-0.1, -0.05) is 37.3 Å². The van der Waals surface area contributed by atoms with Crippen molar-refractivity contribution in [3.05, 3.63) is 35.9 Å². The first-order valence-electron chi connectivity index (χ1n) is 7.33. The summed E-state index contributed by atoms with van der Waals surface area (Å²) in [6, 6.07) is 10.7. The van der Waals surface area contributed by atoms with E-state index in [2.05, 4.69) is 12.2 Å². The molecule has 0 aliphatic heterocycles. The van der Waals surface area contributed by atoms with Crippen molar-refractivity contribution in [2.75, 3.05) is 18.1 Å². The Bertz CT molecular complexity index is 360. The third-order valence-corrected chi connectivity index (χ3v) is 4.91. The lowest BCUT2D eigenvalue weighted by molar-refractivity contribution is -0.00811. The first kappa shape index (κ1) is 14.9. The molecule has 0 aromatic heterocycles. The molecule has 1 saturated carbocycles. The Morgan fingerprint density at radius 1 is 1.26 bits per heavy atom. The summed E-state index contributed by atoms with van der Waals surface area (Å²) in [5.41, 5.74) is 0.479. The largest absolute Gasteiger partial charge is 0.385 e. The summed E-state index contributed by atoms with van der Waals surface area (Å²) in [7, 11) is 0. The highest BCUT2D eigenvalue weighted by atomic mass is 32.2. The molecule has 1 fully saturated rings. The number of hydrogen-bond acceptors (Lipinski definition) is 3. The topological polar surface area (TPSA) is 32.3 Å². The number of aliphatic hydroxyl groups is 1. The summed E-state index contributed by atoms with van der Waals surface area (Å²) < 4.78 is 0. The fraction of sp³-hybridized carbons (Fsp3) is 0.625. The van der Waals surface area contributed by atoms with Crippen LogP contribution in [0.5, 0.6) is 0 Å². The van der Waals surface area contributed by atoms with Gasteiger partial charge >= 0.3 is 0 Å². The Morgan fingerprint density at radius 3 is 2.58 bits per heavy atom. The zero-order valence-electron chi connectivity index (χ0n) is 11.8. The molecule has 2 nitrogen and oxygen atoms in total. The van der Waals surface area contributed by atoms with Gasteiger partial charge in [0.25, 0.3) is 0 Å². The van der Waals surface area contributed by atoms with E-state index in [1.54, 1.807) is 0 Å². The molecule has 0 saturated heterocycles. The number of thioether (sulfide) groups is 1. The van der Waals surface area contributed by atoms with Crippen molar-refractivity contribution < 1.29 is 5.11 Å². The third kappa shape index (κ3) is 4.23. The molecule has 0 heterocycles. The van der Waals surface area contributed by atoms with Gasteiger partial charge in [0.05, 0.1) is 5.60 Å². The van der Waals surface area contributed by atoms with Crippen LogP contribution in [0.1, 0.15) is 38.2 Å². The van der Waals surface area contributed by atoms with E-state index < -0.39 is 5.60 Å². The first-order valence-corrected chi connectivity index (χ1v) is 8.49. The summed E-state index contributed by atoms with van der Waals surface area (Å²) in [5, 5.41) is 14.4. The van der Waals surface area contributed by atoms with Crippen molar-refractivity contribution in [1.82, 2.24) is 5.32 Å². The van der Waals surface area contributed by atoms with Gasteiger partial charge < -0.3 is 10.4 Å². The second kappa shape index (κ2) is 7.32. The van der Waals surface area contributed by atoms with Crippen LogP contribution in [-0.2, 0) is 5.60 Å². The highest BCUT2D eigenvalue weighted by molar-refractivity contribution is 7.99. The average molecular weight is 279 g/mol. The molecule has 0 atom stereocenters. The summed E-state index contributed by atoms with van der Waals surface area (Å²) >= 11 is 1.98. The molecular weight excluding hydrogens is 254 g/mol. The Labute approximate surface area is 121 Å². The van der Waals surface area contributed by atoms with Crippen molar-refractivity contribution in [3.63, 3.8) is 0 Å². The lowest BCUT2D eigenvalue weighted by atomic mass is 9.78. The average Bonchev–Trinajstić information content (AvgIpc) is 2.47. The fourth-order valence-corrected chi connectivity index (χ4v) is 3.37. The van der Waals surface area contributed by atoms with E-state index in [0.29, 0.717) is 6.04 Å².